The van der Waals surface area contributed by atoms with Gasteiger partial charge in [-0.25, -0.2) is 0 Å². The highest BCUT2D eigenvalue weighted by Crippen LogP contribution is 2.20. The summed E-state index contributed by atoms with van der Waals surface area (Å²) in [4.78, 5) is 26.2. The molecule has 0 aliphatic rings. The van der Waals surface area contributed by atoms with Crippen LogP contribution in [0.3, 0.4) is 0 Å². The van der Waals surface area contributed by atoms with Crippen molar-refractivity contribution < 1.29 is 9.59 Å². The van der Waals surface area contributed by atoms with Crippen LogP contribution in [0, 0.1) is 6.92 Å². The van der Waals surface area contributed by atoms with E-state index in [1.54, 1.807) is 41.3 Å². The van der Waals surface area contributed by atoms with E-state index in [2.05, 4.69) is 10.6 Å². The third-order valence-electron chi connectivity index (χ3n) is 4.11. The molecule has 0 aromatic heterocycles. The lowest BCUT2D eigenvalue weighted by molar-refractivity contribution is -0.114. The maximum absolute atomic E-state index is 12.3. The molecular formula is C20H24ClN3O2. The minimum absolute atomic E-state index is 0.00993. The van der Waals surface area contributed by atoms with E-state index >= 15 is 0 Å². The first-order valence-electron chi connectivity index (χ1n) is 8.63. The van der Waals surface area contributed by atoms with Gasteiger partial charge in [0.1, 0.15) is 0 Å². The Morgan fingerprint density at radius 2 is 1.69 bits per heavy atom. The number of amides is 2. The number of rotatable bonds is 7. The van der Waals surface area contributed by atoms with Gasteiger partial charge in [0.15, 0.2) is 0 Å². The largest absolute Gasteiger partial charge is 0.376 e. The van der Waals surface area contributed by atoms with Crippen LogP contribution in [0.5, 0.6) is 0 Å². The van der Waals surface area contributed by atoms with Crippen molar-refractivity contribution in [3.63, 3.8) is 0 Å². The zero-order valence-corrected chi connectivity index (χ0v) is 16.1. The molecule has 0 bridgehead atoms. The van der Waals surface area contributed by atoms with Gasteiger partial charge in [-0.2, -0.15) is 0 Å². The Kier molecular flexibility index (Phi) is 7.04. The highest BCUT2D eigenvalue weighted by atomic mass is 35.5. The van der Waals surface area contributed by atoms with Gasteiger partial charge in [-0.15, -0.1) is 0 Å². The molecule has 2 amide bonds. The fraction of sp³-hybridized carbons (Fsp3) is 0.300. The van der Waals surface area contributed by atoms with Crippen LogP contribution in [0.2, 0.25) is 5.02 Å². The van der Waals surface area contributed by atoms with E-state index in [1.807, 2.05) is 26.8 Å². The fourth-order valence-electron chi connectivity index (χ4n) is 2.53. The van der Waals surface area contributed by atoms with Crippen LogP contribution in [0.25, 0.3) is 0 Å². The summed E-state index contributed by atoms with van der Waals surface area (Å²) in [5.74, 6) is -0.158. The van der Waals surface area contributed by atoms with E-state index in [0.717, 1.165) is 11.3 Å². The number of carbonyl (C=O) groups is 2. The van der Waals surface area contributed by atoms with Gasteiger partial charge < -0.3 is 15.5 Å². The summed E-state index contributed by atoms with van der Waals surface area (Å²) in [6.45, 7) is 7.30. The number of nitrogens with zero attached hydrogens (tertiary/aromatic N) is 1. The SMILES string of the molecule is CCN(CC)C(=O)c1ccc(NCC(=O)Nc2cc(Cl)ccc2C)cc1. The van der Waals surface area contributed by atoms with Crippen LogP contribution in [-0.2, 0) is 4.79 Å². The van der Waals surface area contributed by atoms with Crippen molar-refractivity contribution in [2.45, 2.75) is 20.8 Å². The molecule has 0 aliphatic carbocycles. The first-order chi connectivity index (χ1) is 12.4. The lowest BCUT2D eigenvalue weighted by Gasteiger charge is -2.18. The Morgan fingerprint density at radius 3 is 2.31 bits per heavy atom. The van der Waals surface area contributed by atoms with Gasteiger partial charge in [0.25, 0.3) is 5.91 Å². The van der Waals surface area contributed by atoms with Gasteiger partial charge in [0.05, 0.1) is 6.54 Å². The third-order valence-corrected chi connectivity index (χ3v) is 4.34. The highest BCUT2D eigenvalue weighted by molar-refractivity contribution is 6.31. The summed E-state index contributed by atoms with van der Waals surface area (Å²) >= 11 is 5.96. The van der Waals surface area contributed by atoms with E-state index in [4.69, 9.17) is 11.6 Å². The number of halogens is 1. The molecule has 0 saturated heterocycles. The summed E-state index contributed by atoms with van der Waals surface area (Å²) in [6, 6.07) is 12.5. The van der Waals surface area contributed by atoms with Crippen molar-refractivity contribution in [3.05, 3.63) is 58.6 Å². The monoisotopic (exact) mass is 373 g/mol. The molecule has 2 N–H and O–H groups in total. The van der Waals surface area contributed by atoms with E-state index in [0.29, 0.717) is 29.4 Å². The zero-order chi connectivity index (χ0) is 19.1. The standard InChI is InChI=1S/C20H24ClN3O2/c1-4-24(5-2)20(26)15-7-10-17(11-8-15)22-13-19(25)23-18-12-16(21)9-6-14(18)3/h6-12,22H,4-5,13H2,1-3H3,(H,23,25). The summed E-state index contributed by atoms with van der Waals surface area (Å²) in [6.07, 6.45) is 0. The van der Waals surface area contributed by atoms with Crippen LogP contribution < -0.4 is 10.6 Å². The number of hydrogen-bond acceptors (Lipinski definition) is 3. The number of anilines is 2. The van der Waals surface area contributed by atoms with Gasteiger partial charge >= 0.3 is 0 Å². The molecule has 6 heteroatoms. The summed E-state index contributed by atoms with van der Waals surface area (Å²) in [5, 5.41) is 6.46. The Balaban J connectivity index is 1.92. The molecular weight excluding hydrogens is 350 g/mol. The molecule has 0 aliphatic heterocycles. The molecule has 138 valence electrons. The van der Waals surface area contributed by atoms with Gasteiger partial charge in [0.2, 0.25) is 5.91 Å². The number of nitrogens with one attached hydrogen (secondary N) is 2. The second-order valence-corrected chi connectivity index (χ2v) is 6.35. The molecule has 2 aromatic carbocycles. The average molecular weight is 374 g/mol. The fourth-order valence-corrected chi connectivity index (χ4v) is 2.70. The second kappa shape index (κ2) is 9.25. The van der Waals surface area contributed by atoms with Gasteiger partial charge in [0, 0.05) is 35.1 Å². The predicted octanol–water partition coefficient (Wildman–Crippen LogP) is 4.18. The molecule has 0 unspecified atom stereocenters. The number of carbonyl (C=O) groups excluding carboxylic acids is 2. The van der Waals surface area contributed by atoms with E-state index in [9.17, 15) is 9.59 Å². The first-order valence-corrected chi connectivity index (χ1v) is 9.01. The average Bonchev–Trinajstić information content (AvgIpc) is 2.64. The molecule has 26 heavy (non-hydrogen) atoms. The molecule has 2 aromatic rings. The Hall–Kier alpha value is -2.53. The van der Waals surface area contributed by atoms with Crippen LogP contribution in [0.15, 0.2) is 42.5 Å². The predicted molar refractivity (Wildman–Crippen MR) is 107 cm³/mol. The van der Waals surface area contributed by atoms with Crippen LogP contribution in [0.4, 0.5) is 11.4 Å². The minimum Gasteiger partial charge on any atom is -0.376 e. The number of hydrogen-bond donors (Lipinski definition) is 2. The quantitative estimate of drug-likeness (QED) is 0.765. The van der Waals surface area contributed by atoms with Crippen LogP contribution in [-0.4, -0.2) is 36.3 Å². The van der Waals surface area contributed by atoms with E-state index in [1.165, 1.54) is 0 Å². The molecule has 0 atom stereocenters. The summed E-state index contributed by atoms with van der Waals surface area (Å²) in [5.41, 5.74) is 3.06. The van der Waals surface area contributed by atoms with Crippen LogP contribution in [0.1, 0.15) is 29.8 Å². The first kappa shape index (κ1) is 19.8. The van der Waals surface area contributed by atoms with E-state index in [-0.39, 0.29) is 18.4 Å². The molecule has 0 saturated carbocycles. The maximum Gasteiger partial charge on any atom is 0.253 e. The number of benzene rings is 2. The lowest BCUT2D eigenvalue weighted by Crippen LogP contribution is -2.30. The Morgan fingerprint density at radius 1 is 1.04 bits per heavy atom. The van der Waals surface area contributed by atoms with Crippen molar-refractivity contribution in [2.75, 3.05) is 30.3 Å². The van der Waals surface area contributed by atoms with Crippen molar-refractivity contribution >= 4 is 34.8 Å². The number of aryl methyl sites for hydroxylation is 1. The molecule has 0 fully saturated rings. The second-order valence-electron chi connectivity index (χ2n) is 5.92. The third kappa shape index (κ3) is 5.23. The minimum atomic E-state index is -0.168. The molecule has 0 radical (unpaired) electrons. The van der Waals surface area contributed by atoms with Crippen molar-refractivity contribution in [1.29, 1.82) is 0 Å². The smallest absolute Gasteiger partial charge is 0.253 e. The van der Waals surface area contributed by atoms with Crippen molar-refractivity contribution in [1.82, 2.24) is 4.90 Å². The maximum atomic E-state index is 12.3. The Labute approximate surface area is 159 Å². The van der Waals surface area contributed by atoms with Gasteiger partial charge in [-0.1, -0.05) is 17.7 Å². The molecule has 0 spiro atoms. The topological polar surface area (TPSA) is 61.4 Å². The Bertz CT molecular complexity index is 771. The normalized spacial score (nSPS) is 10.3. The molecule has 2 rings (SSSR count). The molecule has 0 heterocycles. The van der Waals surface area contributed by atoms with Crippen molar-refractivity contribution in [3.8, 4) is 0 Å². The zero-order valence-electron chi connectivity index (χ0n) is 15.3. The van der Waals surface area contributed by atoms with Crippen molar-refractivity contribution in [2.24, 2.45) is 0 Å². The van der Waals surface area contributed by atoms with Gasteiger partial charge in [-0.05, 0) is 62.7 Å². The van der Waals surface area contributed by atoms with Gasteiger partial charge in [-0.3, -0.25) is 9.59 Å². The molecule has 5 nitrogen and oxygen atoms in total. The van der Waals surface area contributed by atoms with Crippen LogP contribution >= 0.6 is 11.6 Å². The van der Waals surface area contributed by atoms with E-state index < -0.39 is 0 Å². The summed E-state index contributed by atoms with van der Waals surface area (Å²) in [7, 11) is 0. The summed E-state index contributed by atoms with van der Waals surface area (Å²) < 4.78 is 0. The highest BCUT2D eigenvalue weighted by Gasteiger charge is 2.12. The lowest BCUT2D eigenvalue weighted by atomic mass is 10.1.